The molecule has 0 saturated carbocycles. The fraction of sp³-hybridized carbons (Fsp3) is 0.200. The molecule has 7 heteroatoms. The standard InChI is InChI=1S/C25H23FN4O2/c1-32-23-11-10-20(27-25(31)17-6-8-19(26)9-7-17)14-18(23)15-29-12-13-30-22-5-3-2-4-21(22)28-24(30)16-29/h2-11,14H,12-13,15-16H2,1H3,(H,27,31). The average molecular weight is 430 g/mol. The van der Waals surface area contributed by atoms with Crippen molar-refractivity contribution in [2.45, 2.75) is 19.6 Å². The lowest BCUT2D eigenvalue weighted by Crippen LogP contribution is -2.33. The lowest BCUT2D eigenvalue weighted by molar-refractivity contribution is 0.102. The molecular formula is C25H23FN4O2. The third kappa shape index (κ3) is 3.94. The highest BCUT2D eigenvalue weighted by Gasteiger charge is 2.21. The number of hydrogen-bond acceptors (Lipinski definition) is 4. The average Bonchev–Trinajstić information content (AvgIpc) is 3.17. The maximum absolute atomic E-state index is 13.1. The minimum atomic E-state index is -0.372. The van der Waals surface area contributed by atoms with Crippen LogP contribution in [0.15, 0.2) is 66.7 Å². The van der Waals surface area contributed by atoms with Crippen molar-refractivity contribution in [3.8, 4) is 5.75 Å². The van der Waals surface area contributed by atoms with Gasteiger partial charge in [0.15, 0.2) is 0 Å². The van der Waals surface area contributed by atoms with Gasteiger partial charge in [0.25, 0.3) is 5.91 Å². The van der Waals surface area contributed by atoms with Crippen LogP contribution in [0.5, 0.6) is 5.75 Å². The number of benzene rings is 3. The lowest BCUT2D eigenvalue weighted by Gasteiger charge is -2.28. The highest BCUT2D eigenvalue weighted by molar-refractivity contribution is 6.04. The second kappa shape index (κ2) is 8.43. The molecule has 0 aliphatic carbocycles. The molecule has 1 aliphatic heterocycles. The van der Waals surface area contributed by atoms with Crippen molar-refractivity contribution >= 4 is 22.6 Å². The molecule has 1 N–H and O–H groups in total. The lowest BCUT2D eigenvalue weighted by atomic mass is 10.1. The van der Waals surface area contributed by atoms with E-state index in [0.29, 0.717) is 17.8 Å². The van der Waals surface area contributed by atoms with Gasteiger partial charge < -0.3 is 14.6 Å². The first-order valence-corrected chi connectivity index (χ1v) is 10.5. The summed E-state index contributed by atoms with van der Waals surface area (Å²) in [6.45, 7) is 3.18. The van der Waals surface area contributed by atoms with E-state index in [1.54, 1.807) is 13.2 Å². The molecular weight excluding hydrogens is 407 g/mol. The van der Waals surface area contributed by atoms with E-state index in [4.69, 9.17) is 9.72 Å². The van der Waals surface area contributed by atoms with E-state index in [-0.39, 0.29) is 11.7 Å². The number of para-hydroxylation sites is 2. The zero-order chi connectivity index (χ0) is 22.1. The second-order valence-corrected chi connectivity index (χ2v) is 7.87. The Balaban J connectivity index is 1.34. The molecule has 1 amide bonds. The number of amides is 1. The quantitative estimate of drug-likeness (QED) is 0.508. The van der Waals surface area contributed by atoms with Crippen molar-refractivity contribution in [2.24, 2.45) is 0 Å². The van der Waals surface area contributed by atoms with E-state index in [9.17, 15) is 9.18 Å². The van der Waals surface area contributed by atoms with Crippen molar-refractivity contribution in [2.75, 3.05) is 19.0 Å². The Labute approximate surface area is 185 Å². The third-order valence-electron chi connectivity index (χ3n) is 5.78. The van der Waals surface area contributed by atoms with Crippen LogP contribution in [0.4, 0.5) is 10.1 Å². The molecule has 162 valence electrons. The Hall–Kier alpha value is -3.71. The van der Waals surface area contributed by atoms with E-state index in [1.807, 2.05) is 30.3 Å². The molecule has 0 saturated heterocycles. The van der Waals surface area contributed by atoms with Crippen molar-refractivity contribution in [1.82, 2.24) is 14.5 Å². The maximum atomic E-state index is 13.1. The van der Waals surface area contributed by atoms with Gasteiger partial charge in [-0.3, -0.25) is 9.69 Å². The highest BCUT2D eigenvalue weighted by Crippen LogP contribution is 2.27. The van der Waals surface area contributed by atoms with E-state index in [2.05, 4.69) is 20.9 Å². The molecule has 0 radical (unpaired) electrons. The first-order valence-electron chi connectivity index (χ1n) is 10.5. The van der Waals surface area contributed by atoms with Gasteiger partial charge in [-0.15, -0.1) is 0 Å². The van der Waals surface area contributed by atoms with E-state index >= 15 is 0 Å². The van der Waals surface area contributed by atoms with Gasteiger partial charge in [0.2, 0.25) is 0 Å². The molecule has 5 rings (SSSR count). The number of hydrogen-bond donors (Lipinski definition) is 1. The summed E-state index contributed by atoms with van der Waals surface area (Å²) in [5.74, 6) is 1.16. The molecule has 0 spiro atoms. The van der Waals surface area contributed by atoms with Crippen molar-refractivity contribution in [3.63, 3.8) is 0 Å². The zero-order valence-electron chi connectivity index (χ0n) is 17.7. The molecule has 1 aliphatic rings. The number of rotatable bonds is 5. The van der Waals surface area contributed by atoms with Crippen molar-refractivity contribution in [3.05, 3.63) is 89.5 Å². The first kappa shape index (κ1) is 20.2. The summed E-state index contributed by atoms with van der Waals surface area (Å²) in [7, 11) is 1.64. The summed E-state index contributed by atoms with van der Waals surface area (Å²) in [5, 5.41) is 2.89. The number of carbonyl (C=O) groups is 1. The number of anilines is 1. The van der Waals surface area contributed by atoms with Crippen LogP contribution in [0.1, 0.15) is 21.7 Å². The Morgan fingerprint density at radius 1 is 1.09 bits per heavy atom. The first-order chi connectivity index (χ1) is 15.6. The normalized spacial score (nSPS) is 13.7. The zero-order valence-corrected chi connectivity index (χ0v) is 17.7. The number of ether oxygens (including phenoxy) is 1. The summed E-state index contributed by atoms with van der Waals surface area (Å²) in [6, 6.07) is 19.3. The molecule has 4 aromatic rings. The van der Waals surface area contributed by atoms with Crippen LogP contribution >= 0.6 is 0 Å². The Morgan fingerprint density at radius 3 is 2.72 bits per heavy atom. The Kier molecular flexibility index (Phi) is 5.33. The second-order valence-electron chi connectivity index (χ2n) is 7.87. The monoisotopic (exact) mass is 430 g/mol. The maximum Gasteiger partial charge on any atom is 0.255 e. The topological polar surface area (TPSA) is 59.4 Å². The predicted molar refractivity (Wildman–Crippen MR) is 121 cm³/mol. The van der Waals surface area contributed by atoms with Crippen molar-refractivity contribution in [1.29, 1.82) is 0 Å². The van der Waals surface area contributed by atoms with Crippen molar-refractivity contribution < 1.29 is 13.9 Å². The van der Waals surface area contributed by atoms with Gasteiger partial charge in [-0.1, -0.05) is 12.1 Å². The van der Waals surface area contributed by atoms with Gasteiger partial charge in [-0.05, 0) is 54.6 Å². The molecule has 0 fully saturated rings. The molecule has 2 heterocycles. The van der Waals surface area contributed by atoms with Crippen LogP contribution in [0.25, 0.3) is 11.0 Å². The van der Waals surface area contributed by atoms with Crippen LogP contribution in [-0.4, -0.2) is 34.0 Å². The van der Waals surface area contributed by atoms with Gasteiger partial charge in [-0.2, -0.15) is 0 Å². The van der Waals surface area contributed by atoms with Gasteiger partial charge in [0, 0.05) is 36.4 Å². The summed E-state index contributed by atoms with van der Waals surface area (Å²) in [5.41, 5.74) is 4.24. The number of halogens is 1. The number of carbonyl (C=O) groups excluding carboxylic acids is 1. The molecule has 3 aromatic carbocycles. The largest absolute Gasteiger partial charge is 0.496 e. The minimum absolute atomic E-state index is 0.284. The summed E-state index contributed by atoms with van der Waals surface area (Å²) >= 11 is 0. The van der Waals surface area contributed by atoms with Crippen LogP contribution in [0.3, 0.4) is 0 Å². The Bertz CT molecular complexity index is 1280. The van der Waals surface area contributed by atoms with Crippen LogP contribution in [0.2, 0.25) is 0 Å². The summed E-state index contributed by atoms with van der Waals surface area (Å²) in [4.78, 5) is 19.6. The minimum Gasteiger partial charge on any atom is -0.496 e. The number of methoxy groups -OCH3 is 1. The summed E-state index contributed by atoms with van der Waals surface area (Å²) in [6.07, 6.45) is 0. The van der Waals surface area contributed by atoms with E-state index in [0.717, 1.165) is 42.3 Å². The smallest absolute Gasteiger partial charge is 0.255 e. The predicted octanol–water partition coefficient (Wildman–Crippen LogP) is 4.45. The van der Waals surface area contributed by atoms with E-state index in [1.165, 1.54) is 29.8 Å². The van der Waals surface area contributed by atoms with Crippen LogP contribution < -0.4 is 10.1 Å². The fourth-order valence-electron chi connectivity index (χ4n) is 4.18. The SMILES string of the molecule is COc1ccc(NC(=O)c2ccc(F)cc2)cc1CN1CCn2c(nc3ccccc32)C1. The number of aromatic nitrogens is 2. The van der Waals surface area contributed by atoms with Gasteiger partial charge >= 0.3 is 0 Å². The molecule has 0 atom stereocenters. The van der Waals surface area contributed by atoms with Crippen LogP contribution in [-0.2, 0) is 19.6 Å². The molecule has 0 bridgehead atoms. The molecule has 0 unspecified atom stereocenters. The van der Waals surface area contributed by atoms with E-state index < -0.39 is 0 Å². The number of imidazole rings is 1. The number of nitrogens with zero attached hydrogens (tertiary/aromatic N) is 3. The number of fused-ring (bicyclic) bond motifs is 3. The highest BCUT2D eigenvalue weighted by atomic mass is 19.1. The fourth-order valence-corrected chi connectivity index (χ4v) is 4.18. The molecule has 1 aromatic heterocycles. The molecule has 6 nitrogen and oxygen atoms in total. The Morgan fingerprint density at radius 2 is 1.91 bits per heavy atom. The number of nitrogens with one attached hydrogen (secondary N) is 1. The molecule has 32 heavy (non-hydrogen) atoms. The van der Waals surface area contributed by atoms with Gasteiger partial charge in [0.05, 0.1) is 24.7 Å². The third-order valence-corrected chi connectivity index (χ3v) is 5.78. The van der Waals surface area contributed by atoms with Crippen LogP contribution in [0, 0.1) is 5.82 Å². The summed E-state index contributed by atoms with van der Waals surface area (Å²) < 4.78 is 21.0. The van der Waals surface area contributed by atoms with Gasteiger partial charge in [-0.25, -0.2) is 9.37 Å². The van der Waals surface area contributed by atoms with Gasteiger partial charge in [0.1, 0.15) is 17.4 Å².